The average Bonchev–Trinajstić information content (AvgIpc) is 2.27. The number of rotatable bonds is 4. The van der Waals surface area contributed by atoms with Gasteiger partial charge in [-0.1, -0.05) is 38.5 Å². The molecule has 0 aromatic carbocycles. The summed E-state index contributed by atoms with van der Waals surface area (Å²) in [5.41, 5.74) is 0.523. The van der Waals surface area contributed by atoms with Crippen molar-refractivity contribution in [2.75, 3.05) is 14.2 Å². The van der Waals surface area contributed by atoms with Gasteiger partial charge in [-0.2, -0.15) is 4.98 Å². The van der Waals surface area contributed by atoms with Crippen molar-refractivity contribution in [1.29, 1.82) is 0 Å². The number of nitrogens with zero attached hydrogens (tertiary/aromatic N) is 2. The average molecular weight is 389 g/mol. The van der Waals surface area contributed by atoms with Gasteiger partial charge in [-0.25, -0.2) is 4.98 Å². The molecular formula is C8H10BrIN2O3. The summed E-state index contributed by atoms with van der Waals surface area (Å²) in [6.45, 7) is 0. The van der Waals surface area contributed by atoms with Gasteiger partial charge in [0.2, 0.25) is 5.88 Å². The Hall–Kier alpha value is -0.150. The Morgan fingerprint density at radius 3 is 2.60 bits per heavy atom. The summed E-state index contributed by atoms with van der Waals surface area (Å²) in [7, 11) is 2.95. The molecule has 1 rings (SSSR count). The van der Waals surface area contributed by atoms with Crippen molar-refractivity contribution in [2.45, 2.75) is 8.94 Å². The van der Waals surface area contributed by atoms with Gasteiger partial charge >= 0.3 is 6.01 Å². The first-order valence-corrected chi connectivity index (χ1v) is 6.17. The van der Waals surface area contributed by atoms with Gasteiger partial charge in [0.05, 0.1) is 22.6 Å². The van der Waals surface area contributed by atoms with E-state index in [-0.39, 0.29) is 8.84 Å². The predicted molar refractivity (Wildman–Crippen MR) is 66.8 cm³/mol. The number of hydrogen-bond donors (Lipinski definition) is 1. The summed E-state index contributed by atoms with van der Waals surface area (Å²) in [6, 6.07) is 0.211. The fraction of sp³-hybridized carbons (Fsp3) is 0.500. The Bertz CT molecular complexity index is 338. The van der Waals surface area contributed by atoms with E-state index in [1.54, 1.807) is 0 Å². The van der Waals surface area contributed by atoms with Crippen LogP contribution < -0.4 is 9.47 Å². The molecule has 1 aromatic heterocycles. The minimum Gasteiger partial charge on any atom is -0.481 e. The van der Waals surface area contributed by atoms with Gasteiger partial charge in [-0.15, -0.1) is 0 Å². The maximum Gasteiger partial charge on any atom is 0.319 e. The van der Waals surface area contributed by atoms with Crippen molar-refractivity contribution < 1.29 is 14.6 Å². The van der Waals surface area contributed by atoms with E-state index in [1.807, 2.05) is 22.6 Å². The van der Waals surface area contributed by atoms with E-state index in [0.717, 1.165) is 0 Å². The Kier molecular flexibility index (Phi) is 5.00. The quantitative estimate of drug-likeness (QED) is 0.628. The molecular weight excluding hydrogens is 379 g/mol. The van der Waals surface area contributed by atoms with E-state index in [4.69, 9.17) is 9.47 Å². The zero-order valence-electron chi connectivity index (χ0n) is 8.15. The lowest BCUT2D eigenvalue weighted by Gasteiger charge is -2.14. The van der Waals surface area contributed by atoms with Crippen LogP contribution in [0.25, 0.3) is 0 Å². The first-order valence-electron chi connectivity index (χ1n) is 4.01. The summed E-state index contributed by atoms with van der Waals surface area (Å²) in [6.07, 6.45) is 0.758. The monoisotopic (exact) mass is 388 g/mol. The van der Waals surface area contributed by atoms with Crippen LogP contribution in [0.2, 0.25) is 0 Å². The normalized spacial score (nSPS) is 14.5. The number of alkyl halides is 2. The molecule has 5 nitrogen and oxygen atoms in total. The molecule has 84 valence electrons. The molecule has 0 saturated carbocycles. The molecule has 0 fully saturated rings. The van der Waals surface area contributed by atoms with Crippen molar-refractivity contribution >= 4 is 38.5 Å². The van der Waals surface area contributed by atoms with E-state index in [1.165, 1.54) is 20.4 Å². The topological polar surface area (TPSA) is 64.5 Å². The molecule has 15 heavy (non-hydrogen) atoms. The highest BCUT2D eigenvalue weighted by Gasteiger charge is 2.21. The van der Waals surface area contributed by atoms with Gasteiger partial charge < -0.3 is 14.6 Å². The van der Waals surface area contributed by atoms with Crippen molar-refractivity contribution in [3.63, 3.8) is 0 Å². The largest absolute Gasteiger partial charge is 0.481 e. The van der Waals surface area contributed by atoms with Crippen LogP contribution in [0.15, 0.2) is 6.20 Å². The van der Waals surface area contributed by atoms with Gasteiger partial charge in [0.1, 0.15) is 6.10 Å². The van der Waals surface area contributed by atoms with E-state index >= 15 is 0 Å². The minimum absolute atomic E-state index is 0.138. The molecule has 7 heteroatoms. The second-order valence-electron chi connectivity index (χ2n) is 2.60. The Morgan fingerprint density at radius 1 is 1.47 bits per heavy atom. The number of hydrogen-bond acceptors (Lipinski definition) is 5. The second kappa shape index (κ2) is 5.80. The Morgan fingerprint density at radius 2 is 2.13 bits per heavy atom. The van der Waals surface area contributed by atoms with E-state index in [0.29, 0.717) is 11.4 Å². The van der Waals surface area contributed by atoms with Crippen molar-refractivity contribution in [3.05, 3.63) is 11.8 Å². The molecule has 0 bridgehead atoms. The van der Waals surface area contributed by atoms with Crippen LogP contribution in [0.1, 0.15) is 11.7 Å². The highest BCUT2D eigenvalue weighted by atomic mass is 127. The zero-order chi connectivity index (χ0) is 11.4. The summed E-state index contributed by atoms with van der Waals surface area (Å²) < 4.78 is 9.76. The Balaban J connectivity index is 3.07. The standard InChI is InChI=1S/C8H10BrIN2O3/c1-14-7-4(5(13)6(9)10)3-11-8(12-7)15-2/h3,5-6,13H,1-2H3. The zero-order valence-corrected chi connectivity index (χ0v) is 11.9. The maximum atomic E-state index is 9.82. The molecule has 0 aliphatic rings. The van der Waals surface area contributed by atoms with Gasteiger partial charge in [-0.05, 0) is 0 Å². The molecule has 2 unspecified atom stereocenters. The number of aromatic nitrogens is 2. The van der Waals surface area contributed by atoms with Gasteiger partial charge in [0.25, 0.3) is 0 Å². The number of aliphatic hydroxyl groups excluding tert-OH is 1. The van der Waals surface area contributed by atoms with Crippen molar-refractivity contribution in [2.24, 2.45) is 0 Å². The first-order chi connectivity index (χ1) is 7.10. The van der Waals surface area contributed by atoms with Crippen LogP contribution >= 0.6 is 38.5 Å². The molecule has 2 atom stereocenters. The summed E-state index contributed by atoms with van der Waals surface area (Å²) in [5, 5.41) is 9.82. The van der Waals surface area contributed by atoms with Crippen LogP contribution in [-0.2, 0) is 0 Å². The molecule has 0 radical (unpaired) electrons. The lowest BCUT2D eigenvalue weighted by Crippen LogP contribution is -2.09. The van der Waals surface area contributed by atoms with Crippen LogP contribution in [0.3, 0.4) is 0 Å². The molecule has 0 aliphatic heterocycles. The van der Waals surface area contributed by atoms with E-state index in [2.05, 4.69) is 25.9 Å². The van der Waals surface area contributed by atoms with E-state index < -0.39 is 6.10 Å². The number of ether oxygens (including phenoxy) is 2. The number of methoxy groups -OCH3 is 2. The van der Waals surface area contributed by atoms with Crippen molar-refractivity contribution in [3.8, 4) is 11.9 Å². The van der Waals surface area contributed by atoms with Crippen LogP contribution in [0, 0.1) is 0 Å². The predicted octanol–water partition coefficient (Wildman–Crippen LogP) is 1.68. The molecule has 1 N–H and O–H groups in total. The minimum atomic E-state index is -0.730. The number of aliphatic hydroxyl groups is 1. The summed E-state index contributed by atoms with van der Waals surface area (Å²) in [4.78, 5) is 7.89. The lowest BCUT2D eigenvalue weighted by atomic mass is 10.2. The Labute approximate surface area is 109 Å². The second-order valence-corrected chi connectivity index (χ2v) is 6.64. The number of halogens is 2. The molecule has 0 spiro atoms. The molecule has 0 saturated heterocycles. The van der Waals surface area contributed by atoms with E-state index in [9.17, 15) is 5.11 Å². The molecule has 1 aromatic rings. The van der Waals surface area contributed by atoms with Crippen LogP contribution in [0.4, 0.5) is 0 Å². The summed E-state index contributed by atoms with van der Waals surface area (Å²) >= 11 is 5.32. The maximum absolute atomic E-state index is 9.82. The lowest BCUT2D eigenvalue weighted by molar-refractivity contribution is 0.193. The highest BCUT2D eigenvalue weighted by Crippen LogP contribution is 2.32. The third kappa shape index (κ3) is 3.15. The molecule has 0 aliphatic carbocycles. The first kappa shape index (κ1) is 12.9. The third-order valence-electron chi connectivity index (χ3n) is 1.69. The fourth-order valence-corrected chi connectivity index (χ4v) is 1.63. The van der Waals surface area contributed by atoms with Gasteiger partial charge in [0.15, 0.2) is 0 Å². The SMILES string of the molecule is COc1ncc(C(O)C(Br)I)c(OC)n1. The van der Waals surface area contributed by atoms with Crippen LogP contribution in [-0.4, -0.2) is 32.1 Å². The van der Waals surface area contributed by atoms with Crippen molar-refractivity contribution in [1.82, 2.24) is 9.97 Å². The fourth-order valence-electron chi connectivity index (χ4n) is 0.961. The smallest absolute Gasteiger partial charge is 0.319 e. The highest BCUT2D eigenvalue weighted by molar-refractivity contribution is 14.1. The third-order valence-corrected chi connectivity index (χ3v) is 2.87. The van der Waals surface area contributed by atoms with Gasteiger partial charge in [-0.3, -0.25) is 0 Å². The van der Waals surface area contributed by atoms with Crippen LogP contribution in [0.5, 0.6) is 11.9 Å². The summed E-state index contributed by atoms with van der Waals surface area (Å²) in [5.74, 6) is 0.315. The molecule has 1 heterocycles. The molecule has 0 amide bonds. The van der Waals surface area contributed by atoms with Gasteiger partial charge in [0, 0.05) is 6.20 Å².